The lowest BCUT2D eigenvalue weighted by Gasteiger charge is -2.10. The summed E-state index contributed by atoms with van der Waals surface area (Å²) in [5.74, 6) is -0.562. The number of nitrogens with zero attached hydrogens (tertiary/aromatic N) is 3. The number of aromatic nitrogens is 4. The molecule has 0 saturated heterocycles. The molecule has 0 aliphatic rings. The van der Waals surface area contributed by atoms with Crippen molar-refractivity contribution in [1.82, 2.24) is 19.5 Å². The van der Waals surface area contributed by atoms with Crippen LogP contribution in [0.3, 0.4) is 0 Å². The van der Waals surface area contributed by atoms with Gasteiger partial charge < -0.3 is 10.3 Å². The standard InChI is InChI=1S/C21H18FN5O2S/c1-12-3-6-15(7-4-12)27-19-18(20(29)24-11-23-19)26-21(27)30-10-17(28)25-16-8-5-14(22)9-13(16)2/h3-9,11H,10H2,1-2H3,(H,25,28)(H,23,24,29). The van der Waals surface area contributed by atoms with Gasteiger partial charge in [0.1, 0.15) is 5.82 Å². The van der Waals surface area contributed by atoms with E-state index in [1.807, 2.05) is 31.2 Å². The smallest absolute Gasteiger partial charge is 0.278 e. The summed E-state index contributed by atoms with van der Waals surface area (Å²) in [5.41, 5.74) is 3.34. The first kappa shape index (κ1) is 19.8. The maximum Gasteiger partial charge on any atom is 0.278 e. The van der Waals surface area contributed by atoms with Gasteiger partial charge in [-0.3, -0.25) is 14.2 Å². The van der Waals surface area contributed by atoms with Gasteiger partial charge in [0.05, 0.1) is 12.1 Å². The quantitative estimate of drug-likeness (QED) is 0.479. The second kappa shape index (κ2) is 8.11. The van der Waals surface area contributed by atoms with Gasteiger partial charge in [-0.1, -0.05) is 29.5 Å². The largest absolute Gasteiger partial charge is 0.325 e. The van der Waals surface area contributed by atoms with Crippen molar-refractivity contribution in [3.05, 3.63) is 76.1 Å². The van der Waals surface area contributed by atoms with E-state index in [0.717, 1.165) is 11.3 Å². The maximum atomic E-state index is 13.3. The van der Waals surface area contributed by atoms with Crippen molar-refractivity contribution < 1.29 is 9.18 Å². The molecule has 0 unspecified atom stereocenters. The maximum absolute atomic E-state index is 13.3. The fraction of sp³-hybridized carbons (Fsp3) is 0.143. The van der Waals surface area contributed by atoms with Gasteiger partial charge in [0, 0.05) is 11.4 Å². The fourth-order valence-electron chi connectivity index (χ4n) is 2.99. The first-order valence-corrected chi connectivity index (χ1v) is 10.1. The van der Waals surface area contributed by atoms with Crippen molar-refractivity contribution in [3.8, 4) is 5.69 Å². The Labute approximate surface area is 175 Å². The molecule has 152 valence electrons. The zero-order valence-corrected chi connectivity index (χ0v) is 17.1. The van der Waals surface area contributed by atoms with Crippen LogP contribution in [0.15, 0.2) is 58.7 Å². The van der Waals surface area contributed by atoms with Crippen LogP contribution in [0, 0.1) is 19.7 Å². The average Bonchev–Trinajstić information content (AvgIpc) is 3.09. The predicted molar refractivity (Wildman–Crippen MR) is 115 cm³/mol. The molecular weight excluding hydrogens is 405 g/mol. The number of carbonyl (C=O) groups is 1. The number of hydrogen-bond donors (Lipinski definition) is 2. The number of nitrogens with one attached hydrogen (secondary N) is 2. The van der Waals surface area contributed by atoms with E-state index in [-0.39, 0.29) is 28.6 Å². The number of benzene rings is 2. The number of amides is 1. The molecule has 0 aliphatic heterocycles. The molecule has 1 amide bonds. The third-order valence-electron chi connectivity index (χ3n) is 4.51. The van der Waals surface area contributed by atoms with E-state index < -0.39 is 0 Å². The summed E-state index contributed by atoms with van der Waals surface area (Å²) >= 11 is 1.19. The summed E-state index contributed by atoms with van der Waals surface area (Å²) in [6.45, 7) is 3.71. The van der Waals surface area contributed by atoms with Crippen molar-refractivity contribution in [2.45, 2.75) is 19.0 Å². The average molecular weight is 423 g/mol. The summed E-state index contributed by atoms with van der Waals surface area (Å²) < 4.78 is 15.0. The number of anilines is 1. The fourth-order valence-corrected chi connectivity index (χ4v) is 3.80. The second-order valence-corrected chi connectivity index (χ2v) is 7.71. The van der Waals surface area contributed by atoms with Crippen LogP contribution in [0.4, 0.5) is 10.1 Å². The van der Waals surface area contributed by atoms with Gasteiger partial charge in [0.25, 0.3) is 5.56 Å². The minimum absolute atomic E-state index is 0.0594. The lowest BCUT2D eigenvalue weighted by Crippen LogP contribution is -2.15. The molecule has 0 aliphatic carbocycles. The minimum Gasteiger partial charge on any atom is -0.325 e. The Morgan fingerprint density at radius 2 is 1.97 bits per heavy atom. The van der Waals surface area contributed by atoms with Crippen LogP contribution in [-0.2, 0) is 4.79 Å². The number of H-pyrrole nitrogens is 1. The Balaban J connectivity index is 1.63. The third kappa shape index (κ3) is 3.97. The molecule has 0 bridgehead atoms. The Morgan fingerprint density at radius 3 is 2.70 bits per heavy atom. The highest BCUT2D eigenvalue weighted by Crippen LogP contribution is 2.26. The number of carbonyl (C=O) groups excluding carboxylic acids is 1. The Bertz CT molecular complexity index is 1300. The molecule has 2 aromatic heterocycles. The van der Waals surface area contributed by atoms with Crippen LogP contribution in [0.5, 0.6) is 0 Å². The topological polar surface area (TPSA) is 92.7 Å². The van der Waals surface area contributed by atoms with E-state index in [9.17, 15) is 14.0 Å². The van der Waals surface area contributed by atoms with Crippen LogP contribution >= 0.6 is 11.8 Å². The normalized spacial score (nSPS) is 11.0. The van der Waals surface area contributed by atoms with Crippen LogP contribution in [0.25, 0.3) is 16.9 Å². The van der Waals surface area contributed by atoms with E-state index in [0.29, 0.717) is 22.1 Å². The molecular formula is C21H18FN5O2S. The molecule has 4 rings (SSSR count). The van der Waals surface area contributed by atoms with Gasteiger partial charge in [-0.15, -0.1) is 0 Å². The summed E-state index contributed by atoms with van der Waals surface area (Å²) in [7, 11) is 0. The van der Waals surface area contributed by atoms with Crippen molar-refractivity contribution in [3.63, 3.8) is 0 Å². The molecule has 0 atom stereocenters. The Kier molecular flexibility index (Phi) is 5.37. The highest BCUT2D eigenvalue weighted by Gasteiger charge is 2.18. The van der Waals surface area contributed by atoms with Crippen LogP contribution in [0.1, 0.15) is 11.1 Å². The first-order chi connectivity index (χ1) is 14.4. The number of hydrogen-bond acceptors (Lipinski definition) is 5. The molecule has 0 saturated carbocycles. The summed E-state index contributed by atoms with van der Waals surface area (Å²) in [6.07, 6.45) is 1.33. The molecule has 0 fully saturated rings. The zero-order valence-electron chi connectivity index (χ0n) is 16.3. The minimum atomic E-state index is -0.357. The van der Waals surface area contributed by atoms with Crippen molar-refractivity contribution in [2.24, 2.45) is 0 Å². The van der Waals surface area contributed by atoms with E-state index in [2.05, 4.69) is 20.3 Å². The van der Waals surface area contributed by atoms with Gasteiger partial charge in [0.2, 0.25) is 5.91 Å². The number of aryl methyl sites for hydroxylation is 2. The molecule has 9 heteroatoms. The number of rotatable bonds is 5. The van der Waals surface area contributed by atoms with Crippen LogP contribution in [0.2, 0.25) is 0 Å². The van der Waals surface area contributed by atoms with Crippen LogP contribution in [-0.4, -0.2) is 31.2 Å². The number of halogens is 1. The Hall–Kier alpha value is -3.46. The number of thioether (sulfide) groups is 1. The molecule has 2 heterocycles. The first-order valence-electron chi connectivity index (χ1n) is 9.14. The van der Waals surface area contributed by atoms with E-state index in [4.69, 9.17) is 0 Å². The molecule has 7 nitrogen and oxygen atoms in total. The highest BCUT2D eigenvalue weighted by atomic mass is 32.2. The van der Waals surface area contributed by atoms with Gasteiger partial charge in [-0.05, 0) is 49.7 Å². The summed E-state index contributed by atoms with van der Waals surface area (Å²) in [4.78, 5) is 35.8. The van der Waals surface area contributed by atoms with Crippen molar-refractivity contribution >= 4 is 34.5 Å². The highest BCUT2D eigenvalue weighted by molar-refractivity contribution is 7.99. The van der Waals surface area contributed by atoms with E-state index >= 15 is 0 Å². The molecule has 0 spiro atoms. The Morgan fingerprint density at radius 1 is 1.20 bits per heavy atom. The van der Waals surface area contributed by atoms with Gasteiger partial charge in [-0.25, -0.2) is 14.4 Å². The number of imidazole rings is 1. The molecule has 0 radical (unpaired) electrons. The lowest BCUT2D eigenvalue weighted by molar-refractivity contribution is -0.113. The third-order valence-corrected chi connectivity index (χ3v) is 5.45. The molecule has 4 aromatic rings. The molecule has 2 aromatic carbocycles. The number of aromatic amines is 1. The van der Waals surface area contributed by atoms with Gasteiger partial charge in [-0.2, -0.15) is 0 Å². The molecule has 2 N–H and O–H groups in total. The van der Waals surface area contributed by atoms with Gasteiger partial charge in [0.15, 0.2) is 16.3 Å². The zero-order chi connectivity index (χ0) is 21.3. The SMILES string of the molecule is Cc1ccc(-n2c(SCC(=O)Nc3ccc(F)cc3C)nc3c(=O)[nH]cnc32)cc1. The summed E-state index contributed by atoms with van der Waals surface area (Å²) in [6, 6.07) is 11.9. The van der Waals surface area contributed by atoms with Crippen LogP contribution < -0.4 is 10.9 Å². The van der Waals surface area contributed by atoms with E-state index in [1.54, 1.807) is 11.5 Å². The monoisotopic (exact) mass is 423 g/mol. The summed E-state index contributed by atoms with van der Waals surface area (Å²) in [5, 5.41) is 3.25. The predicted octanol–water partition coefficient (Wildman–Crippen LogP) is 3.60. The molecule has 30 heavy (non-hydrogen) atoms. The van der Waals surface area contributed by atoms with E-state index in [1.165, 1.54) is 36.3 Å². The second-order valence-electron chi connectivity index (χ2n) is 6.77. The van der Waals surface area contributed by atoms with Crippen molar-refractivity contribution in [2.75, 3.05) is 11.1 Å². The van der Waals surface area contributed by atoms with Crippen molar-refractivity contribution in [1.29, 1.82) is 0 Å². The lowest BCUT2D eigenvalue weighted by atomic mass is 10.2. The van der Waals surface area contributed by atoms with Gasteiger partial charge >= 0.3 is 0 Å². The number of fused-ring (bicyclic) bond motifs is 1.